The van der Waals surface area contributed by atoms with Crippen molar-refractivity contribution in [3.05, 3.63) is 12.2 Å². The van der Waals surface area contributed by atoms with Crippen LogP contribution in [0, 0.1) is 29.2 Å². The number of hydrogen-bond donors (Lipinski definition) is 2. The summed E-state index contributed by atoms with van der Waals surface area (Å²) in [6, 6.07) is 0. The van der Waals surface area contributed by atoms with Gasteiger partial charge in [-0.2, -0.15) is 0 Å². The van der Waals surface area contributed by atoms with Crippen LogP contribution < -0.4 is 0 Å². The summed E-state index contributed by atoms with van der Waals surface area (Å²) in [4.78, 5) is 23.2. The quantitative estimate of drug-likeness (QED) is 0.118. The van der Waals surface area contributed by atoms with Crippen LogP contribution in [-0.2, 0) is 9.59 Å². The summed E-state index contributed by atoms with van der Waals surface area (Å²) >= 11 is 0. The standard InChI is InChI=1S/C28H48O4Si/c1-6-7-8-11-18-28(32,20-21-33(3,4)5)19-12-14-24-16-17-26(29)25(24)22-23(2)13-9-10-15-27(30)31/h10,15,23-25,32H,6-9,11-14,16-19,22H2,1-5H3,(H,30,31)/t23?,24-,25+,28?/m0/s1. The summed E-state index contributed by atoms with van der Waals surface area (Å²) in [5.41, 5.74) is 2.50. The van der Waals surface area contributed by atoms with E-state index in [1.165, 1.54) is 18.9 Å². The maximum Gasteiger partial charge on any atom is 0.327 e. The Morgan fingerprint density at radius 2 is 1.91 bits per heavy atom. The lowest BCUT2D eigenvalue weighted by molar-refractivity contribution is -0.131. The molecule has 1 rings (SSSR count). The van der Waals surface area contributed by atoms with Gasteiger partial charge in [-0.1, -0.05) is 64.7 Å². The lowest BCUT2D eigenvalue weighted by atomic mass is 9.81. The van der Waals surface area contributed by atoms with Crippen molar-refractivity contribution < 1.29 is 19.8 Å². The van der Waals surface area contributed by atoms with Gasteiger partial charge in [0, 0.05) is 18.4 Å². The molecule has 0 radical (unpaired) electrons. The minimum Gasteiger partial charge on any atom is -0.478 e. The van der Waals surface area contributed by atoms with E-state index in [1.807, 2.05) is 0 Å². The zero-order chi connectivity index (χ0) is 24.9. The predicted octanol–water partition coefficient (Wildman–Crippen LogP) is 6.78. The molecule has 0 aromatic carbocycles. The van der Waals surface area contributed by atoms with Gasteiger partial charge in [-0.25, -0.2) is 4.79 Å². The van der Waals surface area contributed by atoms with Gasteiger partial charge in [0.2, 0.25) is 0 Å². The van der Waals surface area contributed by atoms with Crippen LogP contribution in [0.4, 0.5) is 0 Å². The van der Waals surface area contributed by atoms with E-state index < -0.39 is 19.6 Å². The number of carbonyl (C=O) groups excluding carboxylic acids is 1. The summed E-state index contributed by atoms with van der Waals surface area (Å²) in [5, 5.41) is 20.0. The molecule has 5 heteroatoms. The Kier molecular flexibility index (Phi) is 13.3. The fourth-order valence-electron chi connectivity index (χ4n) is 4.82. The maximum atomic E-state index is 12.6. The fraction of sp³-hybridized carbons (Fsp3) is 0.786. The third-order valence-corrected chi connectivity index (χ3v) is 7.64. The number of allylic oxidation sites excluding steroid dienone is 1. The van der Waals surface area contributed by atoms with Gasteiger partial charge in [-0.3, -0.25) is 4.79 Å². The molecule has 0 bridgehead atoms. The van der Waals surface area contributed by atoms with Gasteiger partial charge in [0.1, 0.15) is 19.5 Å². The van der Waals surface area contributed by atoms with Gasteiger partial charge in [-0.15, -0.1) is 5.54 Å². The van der Waals surface area contributed by atoms with Crippen LogP contribution in [0.25, 0.3) is 0 Å². The van der Waals surface area contributed by atoms with E-state index in [9.17, 15) is 14.7 Å². The van der Waals surface area contributed by atoms with E-state index in [4.69, 9.17) is 5.11 Å². The van der Waals surface area contributed by atoms with Gasteiger partial charge < -0.3 is 10.2 Å². The Morgan fingerprint density at radius 1 is 1.21 bits per heavy atom. The van der Waals surface area contributed by atoms with Crippen molar-refractivity contribution in [1.82, 2.24) is 0 Å². The molecule has 1 fully saturated rings. The number of Topliss-reactive ketones (excluding diaryl/α,β-unsaturated/α-hetero) is 1. The third kappa shape index (κ3) is 13.2. The third-order valence-electron chi connectivity index (χ3n) is 6.77. The summed E-state index contributed by atoms with van der Waals surface area (Å²) in [6.07, 6.45) is 15.0. The number of rotatable bonds is 15. The average Bonchev–Trinajstić information content (AvgIpc) is 3.06. The molecule has 1 aliphatic rings. The number of aliphatic carboxylic acids is 1. The van der Waals surface area contributed by atoms with E-state index in [2.05, 4.69) is 45.0 Å². The van der Waals surface area contributed by atoms with Crippen LogP contribution >= 0.6 is 0 Å². The molecule has 188 valence electrons. The van der Waals surface area contributed by atoms with E-state index in [1.54, 1.807) is 6.08 Å². The van der Waals surface area contributed by atoms with Crippen LogP contribution in [0.1, 0.15) is 97.3 Å². The molecule has 33 heavy (non-hydrogen) atoms. The fourth-order valence-corrected chi connectivity index (χ4v) is 5.43. The van der Waals surface area contributed by atoms with Gasteiger partial charge in [0.25, 0.3) is 0 Å². The van der Waals surface area contributed by atoms with Crippen molar-refractivity contribution in [2.75, 3.05) is 0 Å². The Morgan fingerprint density at radius 3 is 2.55 bits per heavy atom. The van der Waals surface area contributed by atoms with Crippen LogP contribution in [0.2, 0.25) is 19.6 Å². The van der Waals surface area contributed by atoms with E-state index >= 15 is 0 Å². The van der Waals surface area contributed by atoms with Crippen LogP contribution in [-0.4, -0.2) is 35.6 Å². The number of aliphatic hydroxyl groups is 1. The number of carboxylic acids is 1. The van der Waals surface area contributed by atoms with Crippen molar-refractivity contribution in [3.63, 3.8) is 0 Å². The lowest BCUT2D eigenvalue weighted by Gasteiger charge is -2.26. The minimum absolute atomic E-state index is 0.120. The normalized spacial score (nSPS) is 21.6. The number of hydrogen-bond acceptors (Lipinski definition) is 3. The summed E-state index contributed by atoms with van der Waals surface area (Å²) < 4.78 is 0. The van der Waals surface area contributed by atoms with Gasteiger partial charge in [-0.05, 0) is 69.6 Å². The molecule has 0 aromatic heterocycles. The first-order valence-corrected chi connectivity index (χ1v) is 16.6. The second kappa shape index (κ2) is 14.8. The first kappa shape index (κ1) is 29.6. The molecular weight excluding hydrogens is 428 g/mol. The zero-order valence-corrected chi connectivity index (χ0v) is 22.8. The molecule has 4 nitrogen and oxygen atoms in total. The topological polar surface area (TPSA) is 74.6 Å². The summed E-state index contributed by atoms with van der Waals surface area (Å²) in [7, 11) is -1.55. The molecule has 0 aliphatic heterocycles. The number of carbonyl (C=O) groups is 2. The Bertz CT molecular complexity index is 697. The molecule has 4 atom stereocenters. The van der Waals surface area contributed by atoms with Crippen molar-refractivity contribution in [3.8, 4) is 11.5 Å². The highest BCUT2D eigenvalue weighted by Gasteiger charge is 2.35. The highest BCUT2D eigenvalue weighted by Crippen LogP contribution is 2.38. The van der Waals surface area contributed by atoms with Crippen molar-refractivity contribution in [1.29, 1.82) is 0 Å². The highest BCUT2D eigenvalue weighted by molar-refractivity contribution is 6.83. The molecule has 0 amide bonds. The van der Waals surface area contributed by atoms with Gasteiger partial charge >= 0.3 is 5.97 Å². The van der Waals surface area contributed by atoms with Crippen LogP contribution in [0.5, 0.6) is 0 Å². The molecule has 2 unspecified atom stereocenters. The average molecular weight is 477 g/mol. The molecule has 0 spiro atoms. The van der Waals surface area contributed by atoms with Gasteiger partial charge in [0.05, 0.1) is 0 Å². The molecule has 1 aliphatic carbocycles. The second-order valence-corrected chi connectivity index (χ2v) is 16.0. The Labute approximate surface area is 203 Å². The Hall–Kier alpha value is -1.38. The van der Waals surface area contributed by atoms with Crippen molar-refractivity contribution in [2.45, 2.75) is 123 Å². The van der Waals surface area contributed by atoms with E-state index in [0.717, 1.165) is 57.8 Å². The smallest absolute Gasteiger partial charge is 0.327 e. The molecule has 0 heterocycles. The first-order valence-electron chi connectivity index (χ1n) is 13.1. The van der Waals surface area contributed by atoms with Crippen LogP contribution in [0.15, 0.2) is 12.2 Å². The predicted molar refractivity (Wildman–Crippen MR) is 140 cm³/mol. The minimum atomic E-state index is -1.55. The van der Waals surface area contributed by atoms with Crippen molar-refractivity contribution >= 4 is 19.8 Å². The monoisotopic (exact) mass is 476 g/mol. The number of unbranched alkanes of at least 4 members (excludes halogenated alkanes) is 3. The Balaban J connectivity index is 2.62. The number of carboxylic acid groups (broad SMARTS) is 1. The molecular formula is C28H48O4Si. The van der Waals surface area contributed by atoms with Crippen LogP contribution in [0.3, 0.4) is 0 Å². The molecule has 0 aromatic rings. The SMILES string of the molecule is CCCCCCC(O)(C#C[Si](C)(C)C)CCC[C@H]1CCC(=O)[C@@H]1CC(C)CCC=CC(=O)O. The van der Waals surface area contributed by atoms with Crippen molar-refractivity contribution in [2.24, 2.45) is 17.8 Å². The molecule has 1 saturated carbocycles. The number of ketones is 1. The van der Waals surface area contributed by atoms with E-state index in [-0.39, 0.29) is 5.92 Å². The first-order chi connectivity index (χ1) is 15.5. The lowest BCUT2D eigenvalue weighted by Crippen LogP contribution is -2.29. The summed E-state index contributed by atoms with van der Waals surface area (Å²) in [5.74, 6) is 3.69. The van der Waals surface area contributed by atoms with E-state index in [0.29, 0.717) is 30.5 Å². The second-order valence-electron chi connectivity index (χ2n) is 11.3. The highest BCUT2D eigenvalue weighted by atomic mass is 28.3. The maximum absolute atomic E-state index is 12.6. The molecule has 2 N–H and O–H groups in total. The summed E-state index contributed by atoms with van der Waals surface area (Å²) in [6.45, 7) is 11.0. The largest absolute Gasteiger partial charge is 0.478 e. The molecule has 0 saturated heterocycles. The van der Waals surface area contributed by atoms with Gasteiger partial charge in [0.15, 0.2) is 0 Å². The zero-order valence-electron chi connectivity index (χ0n) is 21.8.